The van der Waals surface area contributed by atoms with Crippen molar-refractivity contribution in [1.29, 1.82) is 0 Å². The molecule has 132 valence electrons. The van der Waals surface area contributed by atoms with E-state index in [0.29, 0.717) is 12.8 Å². The van der Waals surface area contributed by atoms with E-state index in [4.69, 9.17) is 0 Å². The highest BCUT2D eigenvalue weighted by Crippen LogP contribution is 2.35. The second-order valence-electron chi connectivity index (χ2n) is 6.63. The van der Waals surface area contributed by atoms with Gasteiger partial charge in [-0.15, -0.1) is 0 Å². The molecule has 2 aromatic carbocycles. The Morgan fingerprint density at radius 3 is 2.24 bits per heavy atom. The first-order valence-electron chi connectivity index (χ1n) is 8.38. The summed E-state index contributed by atoms with van der Waals surface area (Å²) in [6, 6.07) is 9.89. The summed E-state index contributed by atoms with van der Waals surface area (Å²) >= 11 is 0. The van der Waals surface area contributed by atoms with E-state index in [9.17, 15) is 22.4 Å². The lowest BCUT2D eigenvalue weighted by Crippen LogP contribution is -2.26. The van der Waals surface area contributed by atoms with E-state index >= 15 is 0 Å². The summed E-state index contributed by atoms with van der Waals surface area (Å²) in [5, 5.41) is 0. The predicted molar refractivity (Wildman–Crippen MR) is 86.2 cm³/mol. The Hall–Kier alpha value is -2.17. The van der Waals surface area contributed by atoms with Crippen LogP contribution >= 0.6 is 0 Å². The van der Waals surface area contributed by atoms with Gasteiger partial charge in [-0.1, -0.05) is 43.2 Å². The van der Waals surface area contributed by atoms with E-state index in [0.717, 1.165) is 24.8 Å². The Morgan fingerprint density at radius 1 is 0.960 bits per heavy atom. The van der Waals surface area contributed by atoms with Gasteiger partial charge in [-0.2, -0.15) is 0 Å². The lowest BCUT2D eigenvalue weighted by molar-refractivity contribution is 0.0851. The number of carbonyl (C=O) groups excluding carboxylic acids is 1. The summed E-state index contributed by atoms with van der Waals surface area (Å²) in [5.74, 6) is -7.55. The fourth-order valence-corrected chi connectivity index (χ4v) is 3.66. The van der Waals surface area contributed by atoms with Crippen LogP contribution in [0.2, 0.25) is 0 Å². The predicted octanol–water partition coefficient (Wildman–Crippen LogP) is 5.47. The third-order valence-corrected chi connectivity index (χ3v) is 4.88. The van der Waals surface area contributed by atoms with E-state index in [1.165, 1.54) is 0 Å². The van der Waals surface area contributed by atoms with E-state index in [1.807, 2.05) is 30.3 Å². The van der Waals surface area contributed by atoms with Crippen molar-refractivity contribution in [3.05, 3.63) is 70.8 Å². The first kappa shape index (κ1) is 17.6. The number of Topliss-reactive ketones (excluding diaryl/α,β-unsaturated/α-hetero) is 1. The Balaban J connectivity index is 1.79. The number of benzene rings is 2. The molecule has 0 bridgehead atoms. The van der Waals surface area contributed by atoms with Crippen LogP contribution in [0.3, 0.4) is 0 Å². The number of hydrogen-bond donors (Lipinski definition) is 0. The molecule has 0 radical (unpaired) electrons. The summed E-state index contributed by atoms with van der Waals surface area (Å²) in [6.45, 7) is 0. The second kappa shape index (κ2) is 7.38. The number of ketones is 1. The van der Waals surface area contributed by atoms with Gasteiger partial charge in [0.25, 0.3) is 0 Å². The molecule has 0 aliphatic heterocycles. The van der Waals surface area contributed by atoms with Crippen LogP contribution in [0.1, 0.15) is 41.6 Å². The number of carbonyl (C=O) groups is 1. The zero-order valence-corrected chi connectivity index (χ0v) is 13.6. The highest BCUT2D eigenvalue weighted by molar-refractivity contribution is 5.98. The molecule has 0 N–H and O–H groups in total. The maximum absolute atomic E-state index is 13.9. The molecule has 0 amide bonds. The molecule has 0 heterocycles. The van der Waals surface area contributed by atoms with Crippen LogP contribution < -0.4 is 0 Å². The highest BCUT2D eigenvalue weighted by atomic mass is 19.2. The highest BCUT2D eigenvalue weighted by Gasteiger charge is 2.33. The molecule has 0 aromatic heterocycles. The maximum atomic E-state index is 13.9. The van der Waals surface area contributed by atoms with Crippen LogP contribution in [0, 0.1) is 35.1 Å². The summed E-state index contributed by atoms with van der Waals surface area (Å²) in [6.07, 6.45) is 3.37. The summed E-state index contributed by atoms with van der Waals surface area (Å²) < 4.78 is 54.5. The average molecular weight is 350 g/mol. The molecule has 1 saturated carbocycles. The molecular formula is C20H18F4O. The fourth-order valence-electron chi connectivity index (χ4n) is 3.66. The normalized spacial score (nSPS) is 20.5. The first-order valence-corrected chi connectivity index (χ1v) is 8.38. The van der Waals surface area contributed by atoms with E-state index in [-0.39, 0.29) is 12.0 Å². The Bertz CT molecular complexity index is 747. The van der Waals surface area contributed by atoms with E-state index < -0.39 is 40.5 Å². The maximum Gasteiger partial charge on any atom is 0.172 e. The monoisotopic (exact) mass is 350 g/mol. The van der Waals surface area contributed by atoms with Crippen molar-refractivity contribution in [1.82, 2.24) is 0 Å². The number of rotatable bonds is 4. The van der Waals surface area contributed by atoms with Crippen molar-refractivity contribution in [2.45, 2.75) is 32.1 Å². The van der Waals surface area contributed by atoms with Gasteiger partial charge in [0, 0.05) is 12.0 Å². The smallest absolute Gasteiger partial charge is 0.172 e. The quantitative estimate of drug-likeness (QED) is 0.406. The molecule has 5 heteroatoms. The molecule has 3 rings (SSSR count). The van der Waals surface area contributed by atoms with Crippen LogP contribution in [0.5, 0.6) is 0 Å². The molecule has 1 fully saturated rings. The SMILES string of the molecule is O=C(c1c(F)c(F)cc(F)c1F)C1CCCC(Cc2ccccc2)C1. The molecule has 1 aliphatic carbocycles. The minimum Gasteiger partial charge on any atom is -0.294 e. The van der Waals surface area contributed by atoms with Gasteiger partial charge < -0.3 is 0 Å². The third-order valence-electron chi connectivity index (χ3n) is 4.88. The largest absolute Gasteiger partial charge is 0.294 e. The van der Waals surface area contributed by atoms with Crippen LogP contribution in [0.4, 0.5) is 17.6 Å². The number of halogens is 4. The van der Waals surface area contributed by atoms with Gasteiger partial charge in [-0.05, 0) is 30.7 Å². The molecule has 2 aromatic rings. The van der Waals surface area contributed by atoms with Gasteiger partial charge in [-0.25, -0.2) is 17.6 Å². The Labute approximate surface area is 143 Å². The van der Waals surface area contributed by atoms with Crippen molar-refractivity contribution in [3.8, 4) is 0 Å². The lowest BCUT2D eigenvalue weighted by atomic mass is 9.75. The summed E-state index contributed by atoms with van der Waals surface area (Å²) in [5.41, 5.74) is 0.0534. The minimum absolute atomic E-state index is 0.126. The van der Waals surface area contributed by atoms with Gasteiger partial charge in [-0.3, -0.25) is 4.79 Å². The zero-order valence-electron chi connectivity index (χ0n) is 13.6. The Kier molecular flexibility index (Phi) is 5.21. The standard InChI is InChI=1S/C20H18F4O/c21-15-11-16(22)19(24)17(18(15)23)20(25)14-8-4-7-13(10-14)9-12-5-2-1-3-6-12/h1-3,5-6,11,13-14H,4,7-10H2. The van der Waals surface area contributed by atoms with Crippen LogP contribution in [0.25, 0.3) is 0 Å². The van der Waals surface area contributed by atoms with E-state index in [1.54, 1.807) is 0 Å². The van der Waals surface area contributed by atoms with Crippen molar-refractivity contribution >= 4 is 5.78 Å². The van der Waals surface area contributed by atoms with Crippen LogP contribution in [-0.4, -0.2) is 5.78 Å². The van der Waals surface area contributed by atoms with Gasteiger partial charge in [0.2, 0.25) is 0 Å². The molecule has 0 saturated heterocycles. The van der Waals surface area contributed by atoms with Crippen molar-refractivity contribution in [2.75, 3.05) is 0 Å². The molecule has 1 nitrogen and oxygen atoms in total. The van der Waals surface area contributed by atoms with Gasteiger partial charge in [0.05, 0.1) is 5.56 Å². The topological polar surface area (TPSA) is 17.1 Å². The van der Waals surface area contributed by atoms with Crippen LogP contribution in [0.15, 0.2) is 36.4 Å². The minimum atomic E-state index is -1.60. The zero-order chi connectivity index (χ0) is 18.0. The third kappa shape index (κ3) is 3.75. The molecule has 25 heavy (non-hydrogen) atoms. The van der Waals surface area contributed by atoms with E-state index in [2.05, 4.69) is 0 Å². The molecule has 2 unspecified atom stereocenters. The van der Waals surface area contributed by atoms with Gasteiger partial charge >= 0.3 is 0 Å². The number of hydrogen-bond acceptors (Lipinski definition) is 1. The van der Waals surface area contributed by atoms with Crippen molar-refractivity contribution in [2.24, 2.45) is 11.8 Å². The lowest BCUT2D eigenvalue weighted by Gasteiger charge is -2.28. The fraction of sp³-hybridized carbons (Fsp3) is 0.350. The second-order valence-corrected chi connectivity index (χ2v) is 6.63. The molecule has 2 atom stereocenters. The summed E-state index contributed by atoms with van der Waals surface area (Å²) in [4.78, 5) is 12.5. The Morgan fingerprint density at radius 2 is 1.60 bits per heavy atom. The van der Waals surface area contributed by atoms with Crippen LogP contribution in [-0.2, 0) is 6.42 Å². The van der Waals surface area contributed by atoms with Crippen molar-refractivity contribution in [3.63, 3.8) is 0 Å². The summed E-state index contributed by atoms with van der Waals surface area (Å²) in [7, 11) is 0. The first-order chi connectivity index (χ1) is 12.0. The van der Waals surface area contributed by atoms with Gasteiger partial charge in [0.15, 0.2) is 29.1 Å². The molecule has 0 spiro atoms. The average Bonchev–Trinajstić information content (AvgIpc) is 2.61. The van der Waals surface area contributed by atoms with Crippen molar-refractivity contribution < 1.29 is 22.4 Å². The molecular weight excluding hydrogens is 332 g/mol. The molecule has 1 aliphatic rings. The van der Waals surface area contributed by atoms with Gasteiger partial charge in [0.1, 0.15) is 0 Å².